The summed E-state index contributed by atoms with van der Waals surface area (Å²) in [5.41, 5.74) is 7.88. The molecule has 0 atom stereocenters. The van der Waals surface area contributed by atoms with Crippen molar-refractivity contribution < 1.29 is 20.4 Å². The molecular formula is C41H40O4. The van der Waals surface area contributed by atoms with Crippen LogP contribution in [0.1, 0.15) is 50.3 Å². The molecule has 4 nitrogen and oxygen atoms in total. The Morgan fingerprint density at radius 3 is 1.11 bits per heavy atom. The van der Waals surface area contributed by atoms with Crippen molar-refractivity contribution in [1.82, 2.24) is 0 Å². The normalized spacial score (nSPS) is 10.3. The van der Waals surface area contributed by atoms with Crippen molar-refractivity contribution in [1.29, 1.82) is 0 Å². The molecule has 45 heavy (non-hydrogen) atoms. The molecule has 0 bridgehead atoms. The van der Waals surface area contributed by atoms with E-state index in [1.807, 2.05) is 107 Å². The third-order valence-corrected chi connectivity index (χ3v) is 7.43. The summed E-state index contributed by atoms with van der Waals surface area (Å²) in [6, 6.07) is 43.1. The Morgan fingerprint density at radius 2 is 0.689 bits per heavy atom. The largest absolute Gasteiger partial charge is 0.508 e. The van der Waals surface area contributed by atoms with Crippen LogP contribution in [-0.4, -0.2) is 20.4 Å². The molecule has 0 aliphatic heterocycles. The van der Waals surface area contributed by atoms with E-state index >= 15 is 0 Å². The first kappa shape index (κ1) is 32.4. The van der Waals surface area contributed by atoms with Crippen LogP contribution in [-0.2, 0) is 0 Å². The van der Waals surface area contributed by atoms with Crippen molar-refractivity contribution in [3.05, 3.63) is 156 Å². The molecule has 6 aromatic carbocycles. The van der Waals surface area contributed by atoms with E-state index in [2.05, 4.69) is 24.3 Å². The molecule has 4 N–H and O–H groups in total. The summed E-state index contributed by atoms with van der Waals surface area (Å²) in [6.07, 6.45) is 0. The molecule has 6 rings (SSSR count). The van der Waals surface area contributed by atoms with Crippen molar-refractivity contribution in [3.63, 3.8) is 0 Å². The summed E-state index contributed by atoms with van der Waals surface area (Å²) in [5.74, 6) is 0.0901. The number of hydrogen-bond donors (Lipinski definition) is 4. The Kier molecular flexibility index (Phi) is 11.0. The highest BCUT2D eigenvalue weighted by Crippen LogP contribution is 2.44. The van der Waals surface area contributed by atoms with Crippen LogP contribution in [0.2, 0.25) is 0 Å². The van der Waals surface area contributed by atoms with E-state index in [1.165, 1.54) is 0 Å². The molecule has 0 amide bonds. The van der Waals surface area contributed by atoms with Gasteiger partial charge in [0.2, 0.25) is 0 Å². The number of rotatable bonds is 6. The molecule has 0 radical (unpaired) electrons. The Balaban J connectivity index is 0.00000111. The monoisotopic (exact) mass is 596 g/mol. The molecular weight excluding hydrogens is 556 g/mol. The predicted molar refractivity (Wildman–Crippen MR) is 186 cm³/mol. The maximum atomic E-state index is 11.2. The summed E-state index contributed by atoms with van der Waals surface area (Å²) < 4.78 is 0. The van der Waals surface area contributed by atoms with Gasteiger partial charge in [0, 0.05) is 17.0 Å². The van der Waals surface area contributed by atoms with Gasteiger partial charge >= 0.3 is 0 Å². The molecule has 0 aromatic heterocycles. The van der Waals surface area contributed by atoms with Crippen molar-refractivity contribution in [2.45, 2.75) is 33.6 Å². The summed E-state index contributed by atoms with van der Waals surface area (Å²) in [6.45, 7) is 8.00. The predicted octanol–water partition coefficient (Wildman–Crippen LogP) is 10.7. The average Bonchev–Trinajstić information content (AvgIpc) is 3.10. The van der Waals surface area contributed by atoms with Crippen LogP contribution in [0.3, 0.4) is 0 Å². The molecule has 0 saturated carbocycles. The highest BCUT2D eigenvalue weighted by Gasteiger charge is 2.24. The lowest BCUT2D eigenvalue weighted by Crippen LogP contribution is -2.05. The number of phenolic OH excluding ortho intramolecular Hbond substituents is 4. The summed E-state index contributed by atoms with van der Waals surface area (Å²) >= 11 is 0. The fraction of sp³-hybridized carbons (Fsp3) is 0.122. The van der Waals surface area contributed by atoms with Crippen molar-refractivity contribution in [2.24, 2.45) is 0 Å². The lowest BCUT2D eigenvalue weighted by atomic mass is 9.81. The van der Waals surface area contributed by atoms with E-state index in [4.69, 9.17) is 0 Å². The quantitative estimate of drug-likeness (QED) is 0.144. The lowest BCUT2D eigenvalue weighted by molar-refractivity contribution is 0.458. The summed E-state index contributed by atoms with van der Waals surface area (Å²) in [4.78, 5) is 0. The molecule has 0 unspecified atom stereocenters. The van der Waals surface area contributed by atoms with Gasteiger partial charge in [0.15, 0.2) is 0 Å². The average molecular weight is 597 g/mol. The van der Waals surface area contributed by atoms with E-state index in [-0.39, 0.29) is 23.0 Å². The highest BCUT2D eigenvalue weighted by atomic mass is 16.3. The van der Waals surface area contributed by atoms with Crippen molar-refractivity contribution >= 4 is 0 Å². The third kappa shape index (κ3) is 7.54. The molecule has 0 fully saturated rings. The minimum absolute atomic E-state index is 0.110. The van der Waals surface area contributed by atoms with Gasteiger partial charge in [-0.3, -0.25) is 0 Å². The van der Waals surface area contributed by atoms with Gasteiger partial charge in [-0.2, -0.15) is 0 Å². The van der Waals surface area contributed by atoms with Gasteiger partial charge in [0.1, 0.15) is 23.0 Å². The number of aromatic hydroxyl groups is 4. The van der Waals surface area contributed by atoms with Crippen LogP contribution < -0.4 is 0 Å². The lowest BCUT2D eigenvalue weighted by Gasteiger charge is -2.23. The zero-order valence-electron chi connectivity index (χ0n) is 26.1. The van der Waals surface area contributed by atoms with Crippen LogP contribution in [0.5, 0.6) is 23.0 Å². The SMILES string of the molecule is CC.CC.Oc1ccc(-c2ccc(O)c(C(c3ccc(-c4ccccc4)cc3)c3cc(-c4ccc(O)cc4)ccc3O)c2)cc1. The second kappa shape index (κ2) is 15.3. The van der Waals surface area contributed by atoms with Gasteiger partial charge < -0.3 is 20.4 Å². The summed E-state index contributed by atoms with van der Waals surface area (Å²) in [7, 11) is 0. The van der Waals surface area contributed by atoms with Gasteiger partial charge in [-0.15, -0.1) is 0 Å². The third-order valence-electron chi connectivity index (χ3n) is 7.43. The fourth-order valence-corrected chi connectivity index (χ4v) is 5.26. The molecule has 0 aliphatic carbocycles. The molecule has 228 valence electrons. The van der Waals surface area contributed by atoms with E-state index < -0.39 is 5.92 Å². The van der Waals surface area contributed by atoms with Crippen LogP contribution in [0.25, 0.3) is 33.4 Å². The first-order valence-corrected chi connectivity index (χ1v) is 15.4. The minimum atomic E-state index is -0.492. The van der Waals surface area contributed by atoms with Gasteiger partial charge in [-0.25, -0.2) is 0 Å². The summed E-state index contributed by atoms with van der Waals surface area (Å²) in [5, 5.41) is 42.0. The Labute approximate surface area is 266 Å². The van der Waals surface area contributed by atoms with Gasteiger partial charge in [-0.05, 0) is 87.5 Å². The fourth-order valence-electron chi connectivity index (χ4n) is 5.26. The Bertz CT molecular complexity index is 1700. The maximum Gasteiger partial charge on any atom is 0.119 e. The smallest absolute Gasteiger partial charge is 0.119 e. The number of phenols is 4. The zero-order valence-corrected chi connectivity index (χ0v) is 26.1. The molecule has 4 heteroatoms. The second-order valence-electron chi connectivity index (χ2n) is 10.1. The zero-order chi connectivity index (χ0) is 32.3. The minimum Gasteiger partial charge on any atom is -0.508 e. The number of benzene rings is 6. The van der Waals surface area contributed by atoms with E-state index in [1.54, 1.807) is 36.4 Å². The van der Waals surface area contributed by atoms with Gasteiger partial charge in [-0.1, -0.05) is 119 Å². The molecule has 0 spiro atoms. The Morgan fingerprint density at radius 1 is 0.356 bits per heavy atom. The van der Waals surface area contributed by atoms with Crippen molar-refractivity contribution in [2.75, 3.05) is 0 Å². The molecule has 6 aromatic rings. The topological polar surface area (TPSA) is 80.9 Å². The number of hydrogen-bond acceptors (Lipinski definition) is 4. The van der Waals surface area contributed by atoms with Crippen LogP contribution >= 0.6 is 0 Å². The molecule has 0 saturated heterocycles. The van der Waals surface area contributed by atoms with E-state index in [0.29, 0.717) is 11.1 Å². The van der Waals surface area contributed by atoms with Crippen LogP contribution in [0.15, 0.2) is 140 Å². The first-order chi connectivity index (χ1) is 22.0. The second-order valence-corrected chi connectivity index (χ2v) is 10.1. The van der Waals surface area contributed by atoms with Crippen molar-refractivity contribution in [3.8, 4) is 56.4 Å². The van der Waals surface area contributed by atoms with Crippen LogP contribution in [0.4, 0.5) is 0 Å². The van der Waals surface area contributed by atoms with Gasteiger partial charge in [0.05, 0.1) is 0 Å². The standard InChI is InChI=1S/C37H28O4.2C2H6/c38-31-16-10-26(11-17-31)29-14-20-35(40)33(22-29)37(28-8-6-25(7-9-28)24-4-2-1-3-5-24)34-23-30(15-21-36(34)41)27-12-18-32(39)19-13-27;2*1-2/h1-23,37-41H;2*1-2H3. The van der Waals surface area contributed by atoms with Crippen LogP contribution in [0, 0.1) is 0 Å². The first-order valence-electron chi connectivity index (χ1n) is 15.4. The molecule has 0 aliphatic rings. The van der Waals surface area contributed by atoms with E-state index in [9.17, 15) is 20.4 Å². The maximum absolute atomic E-state index is 11.2. The van der Waals surface area contributed by atoms with E-state index in [0.717, 1.165) is 38.9 Å². The molecule has 0 heterocycles. The highest BCUT2D eigenvalue weighted by molar-refractivity contribution is 5.71. The Hall–Kier alpha value is -5.48. The van der Waals surface area contributed by atoms with Gasteiger partial charge in [0.25, 0.3) is 0 Å².